The van der Waals surface area contributed by atoms with E-state index in [2.05, 4.69) is 11.9 Å². The van der Waals surface area contributed by atoms with E-state index in [1.54, 1.807) is 12.4 Å². The van der Waals surface area contributed by atoms with E-state index < -0.39 is 0 Å². The Labute approximate surface area is 91.7 Å². The van der Waals surface area contributed by atoms with E-state index in [4.69, 9.17) is 10.5 Å². The van der Waals surface area contributed by atoms with Gasteiger partial charge in [-0.15, -0.1) is 0 Å². The largest absolute Gasteiger partial charge is 0.381 e. The molecule has 0 radical (unpaired) electrons. The molecule has 0 aliphatic rings. The molecule has 0 bridgehead atoms. The Balaban J connectivity index is 2.16. The highest BCUT2D eigenvalue weighted by molar-refractivity contribution is 5.10. The van der Waals surface area contributed by atoms with Gasteiger partial charge in [-0.2, -0.15) is 0 Å². The fourth-order valence-electron chi connectivity index (χ4n) is 1.40. The van der Waals surface area contributed by atoms with Gasteiger partial charge in [-0.05, 0) is 37.0 Å². The second kappa shape index (κ2) is 7.37. The van der Waals surface area contributed by atoms with E-state index in [0.29, 0.717) is 0 Å². The molecule has 84 valence electrons. The van der Waals surface area contributed by atoms with Gasteiger partial charge in [0, 0.05) is 31.6 Å². The van der Waals surface area contributed by atoms with Crippen LogP contribution in [-0.2, 0) is 11.2 Å². The molecule has 1 atom stereocenters. The number of rotatable bonds is 7. The molecule has 0 aliphatic carbocycles. The van der Waals surface area contributed by atoms with Crippen LogP contribution in [0.4, 0.5) is 0 Å². The number of hydrogen-bond donors (Lipinski definition) is 1. The first kappa shape index (κ1) is 12.1. The maximum Gasteiger partial charge on any atom is 0.0480 e. The van der Waals surface area contributed by atoms with Crippen molar-refractivity contribution in [3.63, 3.8) is 0 Å². The Morgan fingerprint density at radius 2 is 2.07 bits per heavy atom. The lowest BCUT2D eigenvalue weighted by Crippen LogP contribution is -2.24. The summed E-state index contributed by atoms with van der Waals surface area (Å²) in [7, 11) is 0. The zero-order valence-corrected chi connectivity index (χ0v) is 9.36. The summed E-state index contributed by atoms with van der Waals surface area (Å²) >= 11 is 0. The molecule has 1 heterocycles. The van der Waals surface area contributed by atoms with Crippen molar-refractivity contribution in [3.8, 4) is 0 Å². The maximum absolute atomic E-state index is 5.99. The average Bonchev–Trinajstić information content (AvgIpc) is 2.26. The lowest BCUT2D eigenvalue weighted by molar-refractivity contribution is 0.127. The van der Waals surface area contributed by atoms with E-state index in [0.717, 1.165) is 32.5 Å². The van der Waals surface area contributed by atoms with Crippen molar-refractivity contribution in [2.75, 3.05) is 13.2 Å². The van der Waals surface area contributed by atoms with Crippen molar-refractivity contribution >= 4 is 0 Å². The van der Waals surface area contributed by atoms with Crippen LogP contribution in [0.2, 0.25) is 0 Å². The molecule has 0 saturated carbocycles. The number of aromatic nitrogens is 1. The van der Waals surface area contributed by atoms with E-state index >= 15 is 0 Å². The van der Waals surface area contributed by atoms with Crippen molar-refractivity contribution in [3.05, 3.63) is 30.1 Å². The van der Waals surface area contributed by atoms with Crippen LogP contribution in [0, 0.1) is 0 Å². The lowest BCUT2D eigenvalue weighted by atomic mass is 10.1. The number of nitrogens with zero attached hydrogens (tertiary/aromatic N) is 1. The summed E-state index contributed by atoms with van der Waals surface area (Å²) in [5, 5.41) is 0. The SMILES string of the molecule is CCCOCCC(N)Cc1ccncc1. The van der Waals surface area contributed by atoms with Crippen LogP contribution in [0.3, 0.4) is 0 Å². The molecule has 0 spiro atoms. The Hall–Kier alpha value is -0.930. The van der Waals surface area contributed by atoms with E-state index in [1.165, 1.54) is 5.56 Å². The van der Waals surface area contributed by atoms with Crippen LogP contribution < -0.4 is 5.73 Å². The van der Waals surface area contributed by atoms with Gasteiger partial charge in [0.2, 0.25) is 0 Å². The minimum Gasteiger partial charge on any atom is -0.381 e. The van der Waals surface area contributed by atoms with Crippen molar-refractivity contribution in [1.82, 2.24) is 4.98 Å². The van der Waals surface area contributed by atoms with Gasteiger partial charge in [0.25, 0.3) is 0 Å². The third-order valence-electron chi connectivity index (χ3n) is 2.23. The van der Waals surface area contributed by atoms with Gasteiger partial charge >= 0.3 is 0 Å². The molecule has 3 nitrogen and oxygen atoms in total. The van der Waals surface area contributed by atoms with Crippen molar-refractivity contribution in [2.45, 2.75) is 32.2 Å². The van der Waals surface area contributed by atoms with Crippen molar-refractivity contribution in [2.24, 2.45) is 5.73 Å². The van der Waals surface area contributed by atoms with Gasteiger partial charge < -0.3 is 10.5 Å². The first-order valence-corrected chi connectivity index (χ1v) is 5.55. The predicted molar refractivity (Wildman–Crippen MR) is 61.6 cm³/mol. The van der Waals surface area contributed by atoms with Gasteiger partial charge in [-0.3, -0.25) is 4.98 Å². The Morgan fingerprint density at radius 1 is 1.33 bits per heavy atom. The highest BCUT2D eigenvalue weighted by Gasteiger charge is 2.03. The molecule has 0 amide bonds. The van der Waals surface area contributed by atoms with Crippen LogP contribution in [0.1, 0.15) is 25.3 Å². The number of pyridine rings is 1. The predicted octanol–water partition coefficient (Wildman–Crippen LogP) is 1.77. The number of hydrogen-bond acceptors (Lipinski definition) is 3. The summed E-state index contributed by atoms with van der Waals surface area (Å²) in [6.45, 7) is 3.71. The van der Waals surface area contributed by atoms with Crippen LogP contribution >= 0.6 is 0 Å². The summed E-state index contributed by atoms with van der Waals surface area (Å²) < 4.78 is 5.40. The highest BCUT2D eigenvalue weighted by Crippen LogP contribution is 2.02. The smallest absolute Gasteiger partial charge is 0.0480 e. The molecule has 0 aliphatic heterocycles. The van der Waals surface area contributed by atoms with Crippen molar-refractivity contribution < 1.29 is 4.74 Å². The molecule has 0 saturated heterocycles. The Kier molecular flexibility index (Phi) is 5.97. The van der Waals surface area contributed by atoms with Gasteiger partial charge in [0.15, 0.2) is 0 Å². The minimum absolute atomic E-state index is 0.184. The van der Waals surface area contributed by atoms with Gasteiger partial charge in [0.1, 0.15) is 0 Å². The van der Waals surface area contributed by atoms with Crippen LogP contribution in [0.25, 0.3) is 0 Å². The van der Waals surface area contributed by atoms with Gasteiger partial charge in [0.05, 0.1) is 0 Å². The van der Waals surface area contributed by atoms with Crippen molar-refractivity contribution in [1.29, 1.82) is 0 Å². The first-order valence-electron chi connectivity index (χ1n) is 5.55. The summed E-state index contributed by atoms with van der Waals surface area (Å²) in [6.07, 6.45) is 6.49. The second-order valence-electron chi connectivity index (χ2n) is 3.72. The molecule has 0 aromatic carbocycles. The number of nitrogens with two attached hydrogens (primary N) is 1. The lowest BCUT2D eigenvalue weighted by Gasteiger charge is -2.11. The molecular weight excluding hydrogens is 188 g/mol. The topological polar surface area (TPSA) is 48.1 Å². The zero-order valence-electron chi connectivity index (χ0n) is 9.36. The molecule has 15 heavy (non-hydrogen) atoms. The molecule has 1 rings (SSSR count). The molecule has 1 aromatic heterocycles. The van der Waals surface area contributed by atoms with Gasteiger partial charge in [-0.1, -0.05) is 6.92 Å². The summed E-state index contributed by atoms with van der Waals surface area (Å²) in [6, 6.07) is 4.20. The highest BCUT2D eigenvalue weighted by atomic mass is 16.5. The summed E-state index contributed by atoms with van der Waals surface area (Å²) in [5.74, 6) is 0. The molecule has 1 aromatic rings. The molecule has 1 unspecified atom stereocenters. The third-order valence-corrected chi connectivity index (χ3v) is 2.23. The maximum atomic E-state index is 5.99. The average molecular weight is 208 g/mol. The Morgan fingerprint density at radius 3 is 2.73 bits per heavy atom. The minimum atomic E-state index is 0.184. The summed E-state index contributed by atoms with van der Waals surface area (Å²) in [5.41, 5.74) is 7.23. The second-order valence-corrected chi connectivity index (χ2v) is 3.72. The number of ether oxygens (including phenoxy) is 1. The first-order chi connectivity index (χ1) is 7.33. The van der Waals surface area contributed by atoms with E-state index in [9.17, 15) is 0 Å². The monoisotopic (exact) mass is 208 g/mol. The fourth-order valence-corrected chi connectivity index (χ4v) is 1.40. The van der Waals surface area contributed by atoms with E-state index in [1.807, 2.05) is 12.1 Å². The fraction of sp³-hybridized carbons (Fsp3) is 0.583. The molecule has 0 fully saturated rings. The van der Waals surface area contributed by atoms with Crippen LogP contribution in [0.5, 0.6) is 0 Å². The zero-order chi connectivity index (χ0) is 10.9. The standard InChI is InChI=1S/C12H20N2O/c1-2-8-15-9-5-12(13)10-11-3-6-14-7-4-11/h3-4,6-7,12H,2,5,8-10,13H2,1H3. The molecular formula is C12H20N2O. The molecule has 3 heteroatoms. The normalized spacial score (nSPS) is 12.7. The van der Waals surface area contributed by atoms with E-state index in [-0.39, 0.29) is 6.04 Å². The summed E-state index contributed by atoms with van der Waals surface area (Å²) in [4.78, 5) is 3.97. The van der Waals surface area contributed by atoms with Gasteiger partial charge in [-0.25, -0.2) is 0 Å². The van der Waals surface area contributed by atoms with Crippen LogP contribution in [-0.4, -0.2) is 24.2 Å². The molecule has 2 N–H and O–H groups in total. The third kappa shape index (κ3) is 5.50. The quantitative estimate of drug-likeness (QED) is 0.695. The van der Waals surface area contributed by atoms with Crippen LogP contribution in [0.15, 0.2) is 24.5 Å². The Bertz CT molecular complexity index is 251.